The second-order valence-corrected chi connectivity index (χ2v) is 28.6. The Kier molecular flexibility index (Phi) is 27.2. The predicted molar refractivity (Wildman–Crippen MR) is 382 cm³/mol. The zero-order valence-electron chi connectivity index (χ0n) is 56.2. The van der Waals surface area contributed by atoms with Crippen molar-refractivity contribution in [2.75, 3.05) is 0 Å². The van der Waals surface area contributed by atoms with Crippen molar-refractivity contribution in [2.45, 2.75) is 49.4 Å². The zero-order valence-corrected chi connectivity index (χ0v) is 60.4. The van der Waals surface area contributed by atoms with E-state index < -0.39 is 211 Å². The summed E-state index contributed by atoms with van der Waals surface area (Å²) in [5, 5.41) is 11.9. The molecule has 0 fully saturated rings. The molecule has 0 amide bonds. The molecule has 0 bridgehead atoms. The molecule has 1 aromatic heterocycles. The van der Waals surface area contributed by atoms with Gasteiger partial charge in [-0.25, -0.2) is 0 Å². The number of benzene rings is 12. The van der Waals surface area contributed by atoms with Crippen molar-refractivity contribution >= 4 is 97.3 Å². The van der Waals surface area contributed by atoms with Crippen molar-refractivity contribution in [3.63, 3.8) is 0 Å². The summed E-state index contributed by atoms with van der Waals surface area (Å²) in [7, 11) is -0.892. The maximum Gasteiger partial charge on any atom is 0.416 e. The van der Waals surface area contributed by atoms with Gasteiger partial charge >= 0.3 is 49.4 Å². The second-order valence-electron chi connectivity index (χ2n) is 24.2. The topological polar surface area (TPSA) is 44.4 Å². The van der Waals surface area contributed by atoms with Gasteiger partial charge in [0.05, 0.1) is 44.5 Å². The predicted octanol–water partition coefficient (Wildman–Crippen LogP) is 20.5. The van der Waals surface area contributed by atoms with E-state index in [1.807, 2.05) is 24.4 Å². The number of nitrogens with zero attached hydrogens (tertiary/aromatic N) is 1. The molecule has 1 heterocycles. The van der Waals surface area contributed by atoms with Gasteiger partial charge in [-0.2, -0.15) is 127 Å². The number of fused-ring (bicyclic) bond motifs is 3. The molecule has 2 nitrogen and oxygen atoms in total. The summed E-state index contributed by atoms with van der Waals surface area (Å²) in [5.74, 6) is 0. The summed E-state index contributed by atoms with van der Waals surface area (Å²) in [4.78, 5) is 4.38. The minimum atomic E-state index is -6.13. The Bertz CT molecular complexity index is 4420. The van der Waals surface area contributed by atoms with Gasteiger partial charge in [0.1, 0.15) is 6.15 Å². The van der Waals surface area contributed by atoms with Crippen LogP contribution < -0.4 is 53.7 Å². The van der Waals surface area contributed by atoms with E-state index >= 15 is 0 Å². The molecule has 1 radical (unpaired) electrons. The van der Waals surface area contributed by atoms with E-state index in [-0.39, 0.29) is 25.6 Å². The number of aromatic nitrogens is 1. The third-order valence-corrected chi connectivity index (χ3v) is 21.8. The molecule has 0 spiro atoms. The minimum absolute atomic E-state index is 0. The third-order valence-electron chi connectivity index (χ3n) is 16.9. The molecule has 2 N–H and O–H groups in total. The van der Waals surface area contributed by atoms with Gasteiger partial charge in [0.25, 0.3) is 0 Å². The Balaban J connectivity index is 0.000000227. The Morgan fingerprint density at radius 3 is 0.667 bits per heavy atom. The second kappa shape index (κ2) is 34.8. The first-order valence-electron chi connectivity index (χ1n) is 32.0. The van der Waals surface area contributed by atoms with Gasteiger partial charge in [-0.3, -0.25) is 0 Å². The molecule has 0 unspecified atom stereocenters. The quantitative estimate of drug-likeness (QED) is 0.0442. The first-order chi connectivity index (χ1) is 51.1. The molecular weight excluding hydrogens is 1720 g/mol. The van der Waals surface area contributed by atoms with Crippen LogP contribution >= 0.6 is 15.8 Å². The van der Waals surface area contributed by atoms with Gasteiger partial charge < -0.3 is 10.5 Å². The number of hydrogen-bond donors (Lipinski definition) is 0. The van der Waals surface area contributed by atoms with Crippen LogP contribution in [0, 0.1) is 6.07 Å². The third kappa shape index (κ3) is 21.2. The Morgan fingerprint density at radius 1 is 0.243 bits per heavy atom. The average molecular weight is 1780 g/mol. The molecule has 0 atom stereocenters. The van der Waals surface area contributed by atoms with Gasteiger partial charge in [-0.1, -0.05) is 249 Å². The van der Waals surface area contributed by atoms with E-state index in [1.165, 1.54) is 42.6 Å². The van der Waals surface area contributed by atoms with Crippen LogP contribution in [0.25, 0.3) is 21.7 Å². The molecule has 0 aliphatic heterocycles. The van der Waals surface area contributed by atoms with Crippen LogP contribution in [-0.2, 0) is 69.5 Å². The standard InChI is InChI=1S/C32H12BF24.2C18H15P.C13H8N.Ir.H2O/c34-25(35,36)13-1-14(26(37,38)39)6-21(5-13)33(22-7-15(27(40,41)42)2-16(8-22)28(43,44)45,23-9-17(29(46,47)48)3-18(10-23)30(49,50)51)24-11-19(31(52,53)54)4-20(12-24)32(55,56)57;2*1-4-10-16(11-5-1)19(17-12-6-2-7-13-17)18-14-8-3-9-15-18;1-2-6-12-10(4-1)7-8-11-5-3-9-14-13(11)12;;/h1-12H;2*1-15H;1-5,7-9H;;1H2/q-1;;;-1;;. The summed E-state index contributed by atoms with van der Waals surface area (Å²) in [6.45, 7) is 0. The SMILES string of the molecule is FC(F)(F)c1cc([B-](c2cc(C(F)(F)F)cc(C(F)(F)F)c2)(c2cc(C(F)(F)F)cc(C(F)(F)F)c2)c2cc(C(F)(F)F)cc(C(F)(F)F)c2)cc(C(F)(F)F)c1.O.[Ir].[c-]1cccc2ccc3cccnc3c12.c1ccc(P(c2ccccc2)c2ccccc2)cc1.c1ccc(P(c2ccccc2)c2ccccc2)cc1. The number of hydrogen-bond acceptors (Lipinski definition) is 1. The number of alkyl halides is 24. The average Bonchev–Trinajstić information content (AvgIpc) is 0.706. The fraction of sp³-hybridized carbons (Fsp3) is 0.0988. The van der Waals surface area contributed by atoms with Gasteiger partial charge in [0.2, 0.25) is 0 Å². The van der Waals surface area contributed by atoms with E-state index in [0.717, 1.165) is 10.9 Å². The van der Waals surface area contributed by atoms with E-state index in [0.29, 0.717) is 0 Å². The summed E-state index contributed by atoms with van der Waals surface area (Å²) >= 11 is 0. The van der Waals surface area contributed by atoms with Crippen molar-refractivity contribution in [1.29, 1.82) is 0 Å². The largest absolute Gasteiger partial charge is 0.416 e. The Hall–Kier alpha value is -9.84. The minimum Gasteiger partial charge on any atom is -0.412 e. The number of pyridine rings is 1. The first-order valence-corrected chi connectivity index (χ1v) is 34.7. The van der Waals surface area contributed by atoms with Crippen LogP contribution in [0.15, 0.2) is 303 Å². The van der Waals surface area contributed by atoms with E-state index in [9.17, 15) is 105 Å². The van der Waals surface area contributed by atoms with Crippen LogP contribution in [0.2, 0.25) is 0 Å². The molecule has 13 aromatic rings. The normalized spacial score (nSPS) is 12.3. The van der Waals surface area contributed by atoms with Gasteiger partial charge in [0, 0.05) is 26.3 Å². The number of rotatable bonds is 10. The molecule has 111 heavy (non-hydrogen) atoms. The Morgan fingerprint density at radius 2 is 0.450 bits per heavy atom. The molecule has 0 aliphatic rings. The smallest absolute Gasteiger partial charge is 0.412 e. The summed E-state index contributed by atoms with van der Waals surface area (Å²) in [6.07, 6.45) is -53.0. The fourth-order valence-corrected chi connectivity index (χ4v) is 16.8. The zero-order chi connectivity index (χ0) is 79.1. The van der Waals surface area contributed by atoms with Crippen molar-refractivity contribution in [2.24, 2.45) is 0 Å². The van der Waals surface area contributed by atoms with Crippen LogP contribution in [0.4, 0.5) is 105 Å². The molecule has 0 aliphatic carbocycles. The van der Waals surface area contributed by atoms with E-state index in [2.05, 4.69) is 217 Å². The van der Waals surface area contributed by atoms with Crippen molar-refractivity contribution in [1.82, 2.24) is 4.98 Å². The monoisotopic (exact) mass is 1780 g/mol. The van der Waals surface area contributed by atoms with Crippen LogP contribution in [-0.4, -0.2) is 16.6 Å². The summed E-state index contributed by atoms with van der Waals surface area (Å²) in [6, 6.07) is 73.3. The van der Waals surface area contributed by atoms with Crippen molar-refractivity contribution in [3.05, 3.63) is 354 Å². The van der Waals surface area contributed by atoms with Crippen LogP contribution in [0.5, 0.6) is 0 Å². The van der Waals surface area contributed by atoms with E-state index in [1.54, 1.807) is 0 Å². The van der Waals surface area contributed by atoms with Gasteiger partial charge in [-0.15, -0.1) is 35.0 Å². The molecule has 30 heteroatoms. The van der Waals surface area contributed by atoms with Gasteiger partial charge in [0.15, 0.2) is 0 Å². The molecule has 579 valence electrons. The molecule has 0 saturated heterocycles. The Labute approximate surface area is 633 Å². The van der Waals surface area contributed by atoms with Crippen LogP contribution in [0.3, 0.4) is 0 Å². The maximum atomic E-state index is 14.2. The van der Waals surface area contributed by atoms with Gasteiger partial charge in [-0.05, 0) is 88.9 Å². The molecule has 0 saturated carbocycles. The molecule has 13 rings (SSSR count). The molecular formula is C81H52BF24IrNOP2-2. The summed E-state index contributed by atoms with van der Waals surface area (Å²) in [5.41, 5.74) is -29.2. The summed E-state index contributed by atoms with van der Waals surface area (Å²) < 4.78 is 341. The maximum absolute atomic E-state index is 14.2. The van der Waals surface area contributed by atoms with E-state index in [4.69, 9.17) is 0 Å². The molecule has 12 aromatic carbocycles. The number of halogens is 24. The first kappa shape index (κ1) is 86.8. The fourth-order valence-electron chi connectivity index (χ4n) is 12.2. The van der Waals surface area contributed by atoms with Crippen molar-refractivity contribution in [3.8, 4) is 0 Å². The van der Waals surface area contributed by atoms with Crippen molar-refractivity contribution < 1.29 is 131 Å². The van der Waals surface area contributed by atoms with Crippen LogP contribution in [0.1, 0.15) is 44.5 Å².